The maximum atomic E-state index is 10.7. The zero-order valence-corrected chi connectivity index (χ0v) is 6.61. The minimum absolute atomic E-state index is 0. The van der Waals surface area contributed by atoms with Crippen LogP contribution in [0.4, 0.5) is 0 Å². The second kappa shape index (κ2) is 4.15. The summed E-state index contributed by atoms with van der Waals surface area (Å²) in [4.78, 5) is 21.3. The molecule has 64 valence electrons. The Morgan fingerprint density at radius 3 is 2.73 bits per heavy atom. The van der Waals surface area contributed by atoms with Gasteiger partial charge in [0, 0.05) is 6.42 Å². The van der Waals surface area contributed by atoms with E-state index in [2.05, 4.69) is 5.32 Å². The number of hydrogen-bond donors (Lipinski definition) is 3. The first-order valence-corrected chi connectivity index (χ1v) is 3.04. The first-order valence-electron chi connectivity index (χ1n) is 3.04. The number of amides is 2. The number of carbonyl (C=O) groups excluding carboxylic acids is 2. The summed E-state index contributed by atoms with van der Waals surface area (Å²) in [5, 5.41) is 2.47. The van der Waals surface area contributed by atoms with Crippen LogP contribution in [0.5, 0.6) is 0 Å². The zero-order chi connectivity index (χ0) is 7.56. The number of halogens is 1. The predicted octanol–water partition coefficient (Wildman–Crippen LogP) is -1.32. The highest BCUT2D eigenvalue weighted by Crippen LogP contribution is 2.05. The van der Waals surface area contributed by atoms with Crippen molar-refractivity contribution in [2.75, 3.05) is 0 Å². The molecule has 4 N–H and O–H groups in total. The van der Waals surface area contributed by atoms with Crippen molar-refractivity contribution < 1.29 is 9.59 Å². The number of rotatable bonds is 1. The molecule has 1 rings (SSSR count). The zero-order valence-electron chi connectivity index (χ0n) is 5.79. The quantitative estimate of drug-likeness (QED) is 0.265. The summed E-state index contributed by atoms with van der Waals surface area (Å²) < 4.78 is 0. The third kappa shape index (κ3) is 2.36. The van der Waals surface area contributed by atoms with Crippen LogP contribution in [0.2, 0.25) is 0 Å². The topological polar surface area (TPSA) is 84.2 Å². The molecule has 0 saturated carbocycles. The Bertz CT molecular complexity index is 173. The summed E-state index contributed by atoms with van der Waals surface area (Å²) in [6.07, 6.45) is 0.958. The minimum atomic E-state index is -0.419. The SMILES string of the molecule is Cl.NNC(=O)[C@@H]1CCC(=O)N1. The molecule has 0 bridgehead atoms. The van der Waals surface area contributed by atoms with Gasteiger partial charge in [0.25, 0.3) is 5.91 Å². The number of hydrogen-bond acceptors (Lipinski definition) is 3. The molecule has 0 aromatic rings. The lowest BCUT2D eigenvalue weighted by Gasteiger charge is -2.05. The second-order valence-electron chi connectivity index (χ2n) is 2.17. The van der Waals surface area contributed by atoms with Crippen molar-refractivity contribution in [1.82, 2.24) is 10.7 Å². The van der Waals surface area contributed by atoms with E-state index in [0.29, 0.717) is 12.8 Å². The van der Waals surface area contributed by atoms with E-state index in [-0.39, 0.29) is 24.2 Å². The summed E-state index contributed by atoms with van der Waals surface area (Å²) in [7, 11) is 0. The normalized spacial score (nSPS) is 21.9. The lowest BCUT2D eigenvalue weighted by atomic mass is 10.2. The molecule has 0 unspecified atom stereocenters. The second-order valence-corrected chi connectivity index (χ2v) is 2.17. The van der Waals surface area contributed by atoms with E-state index in [1.54, 1.807) is 0 Å². The van der Waals surface area contributed by atoms with Crippen molar-refractivity contribution in [3.05, 3.63) is 0 Å². The number of carbonyl (C=O) groups is 2. The van der Waals surface area contributed by atoms with Crippen LogP contribution in [0.3, 0.4) is 0 Å². The molecule has 1 aliphatic heterocycles. The van der Waals surface area contributed by atoms with Gasteiger partial charge in [0.05, 0.1) is 0 Å². The molecule has 1 saturated heterocycles. The monoisotopic (exact) mass is 179 g/mol. The molecule has 6 heteroatoms. The van der Waals surface area contributed by atoms with Gasteiger partial charge >= 0.3 is 0 Å². The molecule has 0 aromatic heterocycles. The summed E-state index contributed by atoms with van der Waals surface area (Å²) in [5.41, 5.74) is 1.97. The predicted molar refractivity (Wildman–Crippen MR) is 40.7 cm³/mol. The van der Waals surface area contributed by atoms with Crippen LogP contribution in [-0.2, 0) is 9.59 Å². The fourth-order valence-electron chi connectivity index (χ4n) is 0.911. The molecule has 0 aromatic carbocycles. The molecule has 1 aliphatic rings. The lowest BCUT2D eigenvalue weighted by Crippen LogP contribution is -2.44. The van der Waals surface area contributed by atoms with Gasteiger partial charge in [0.1, 0.15) is 6.04 Å². The molecule has 0 radical (unpaired) electrons. The van der Waals surface area contributed by atoms with Gasteiger partial charge in [-0.05, 0) is 6.42 Å². The van der Waals surface area contributed by atoms with Crippen molar-refractivity contribution in [1.29, 1.82) is 0 Å². The highest BCUT2D eigenvalue weighted by atomic mass is 35.5. The largest absolute Gasteiger partial charge is 0.344 e. The van der Waals surface area contributed by atoms with Crippen molar-refractivity contribution in [2.24, 2.45) is 5.84 Å². The number of nitrogens with one attached hydrogen (secondary N) is 2. The standard InChI is InChI=1S/C5H9N3O2.ClH/c6-8-5(10)3-1-2-4(9)7-3;/h3H,1-2,6H2,(H,7,9)(H,8,10);1H/t3-;/m0./s1. The van der Waals surface area contributed by atoms with E-state index in [0.717, 1.165) is 0 Å². The maximum absolute atomic E-state index is 10.7. The van der Waals surface area contributed by atoms with Gasteiger partial charge in [-0.25, -0.2) is 5.84 Å². The van der Waals surface area contributed by atoms with Gasteiger partial charge in [-0.3, -0.25) is 15.0 Å². The first kappa shape index (κ1) is 10.2. The van der Waals surface area contributed by atoms with Crippen LogP contribution in [0.1, 0.15) is 12.8 Å². The molecule has 1 heterocycles. The van der Waals surface area contributed by atoms with Crippen molar-refractivity contribution in [3.63, 3.8) is 0 Å². The summed E-state index contributed by atoms with van der Waals surface area (Å²) in [6.45, 7) is 0. The Morgan fingerprint density at radius 1 is 1.73 bits per heavy atom. The van der Waals surface area contributed by atoms with E-state index < -0.39 is 6.04 Å². The Balaban J connectivity index is 0.000001000. The third-order valence-corrected chi connectivity index (χ3v) is 1.45. The Hall–Kier alpha value is -0.810. The van der Waals surface area contributed by atoms with Crippen molar-refractivity contribution >= 4 is 24.2 Å². The minimum Gasteiger partial charge on any atom is -0.344 e. The third-order valence-electron chi connectivity index (χ3n) is 1.45. The maximum Gasteiger partial charge on any atom is 0.256 e. The van der Waals surface area contributed by atoms with Crippen LogP contribution in [0, 0.1) is 0 Å². The molecule has 11 heavy (non-hydrogen) atoms. The molecule has 5 nitrogen and oxygen atoms in total. The van der Waals surface area contributed by atoms with E-state index in [1.807, 2.05) is 5.43 Å². The van der Waals surface area contributed by atoms with E-state index in [9.17, 15) is 9.59 Å². The van der Waals surface area contributed by atoms with Crippen LogP contribution >= 0.6 is 12.4 Å². The molecule has 0 aliphatic carbocycles. The molecule has 1 atom stereocenters. The fourth-order valence-corrected chi connectivity index (χ4v) is 0.911. The average Bonchev–Trinajstić information content (AvgIpc) is 2.34. The molecule has 1 fully saturated rings. The van der Waals surface area contributed by atoms with Crippen LogP contribution < -0.4 is 16.6 Å². The van der Waals surface area contributed by atoms with Gasteiger partial charge in [0.15, 0.2) is 0 Å². The van der Waals surface area contributed by atoms with Gasteiger partial charge in [-0.2, -0.15) is 0 Å². The van der Waals surface area contributed by atoms with Crippen LogP contribution in [-0.4, -0.2) is 17.9 Å². The van der Waals surface area contributed by atoms with E-state index >= 15 is 0 Å². The van der Waals surface area contributed by atoms with Crippen molar-refractivity contribution in [3.8, 4) is 0 Å². The lowest BCUT2D eigenvalue weighted by molar-refractivity contribution is -0.125. The van der Waals surface area contributed by atoms with Gasteiger partial charge in [-0.1, -0.05) is 0 Å². The molecular weight excluding hydrogens is 170 g/mol. The summed E-state index contributed by atoms with van der Waals surface area (Å²) >= 11 is 0. The number of nitrogens with two attached hydrogens (primary N) is 1. The van der Waals surface area contributed by atoms with Gasteiger partial charge in [0.2, 0.25) is 5.91 Å². The Labute approximate surface area is 70.1 Å². The van der Waals surface area contributed by atoms with Crippen molar-refractivity contribution in [2.45, 2.75) is 18.9 Å². The highest BCUT2D eigenvalue weighted by Gasteiger charge is 2.26. The van der Waals surface area contributed by atoms with Gasteiger partial charge in [-0.15, -0.1) is 12.4 Å². The Kier molecular flexibility index (Phi) is 3.84. The van der Waals surface area contributed by atoms with Crippen LogP contribution in [0.25, 0.3) is 0 Å². The molecular formula is C5H10ClN3O2. The summed E-state index contributed by atoms with van der Waals surface area (Å²) in [5.74, 6) is 4.43. The van der Waals surface area contributed by atoms with E-state index in [1.165, 1.54) is 0 Å². The number of hydrazine groups is 1. The van der Waals surface area contributed by atoms with Gasteiger partial charge < -0.3 is 5.32 Å². The van der Waals surface area contributed by atoms with Crippen LogP contribution in [0.15, 0.2) is 0 Å². The first-order chi connectivity index (χ1) is 4.74. The van der Waals surface area contributed by atoms with E-state index in [4.69, 9.17) is 5.84 Å². The Morgan fingerprint density at radius 2 is 2.36 bits per heavy atom. The fraction of sp³-hybridized carbons (Fsp3) is 0.600. The average molecular weight is 180 g/mol. The molecule has 0 spiro atoms. The summed E-state index contributed by atoms with van der Waals surface area (Å²) in [6, 6.07) is -0.419. The smallest absolute Gasteiger partial charge is 0.256 e. The highest BCUT2D eigenvalue weighted by molar-refractivity contribution is 5.90. The molecule has 2 amide bonds.